The van der Waals surface area contributed by atoms with Gasteiger partial charge in [-0.1, -0.05) is 13.3 Å². The number of likely N-dealkylation sites (tertiary alicyclic amines) is 1. The zero-order chi connectivity index (χ0) is 25.2. The molecule has 0 radical (unpaired) electrons. The lowest BCUT2D eigenvalue weighted by Crippen LogP contribution is -2.38. The SMILES string of the molecule is C=NC(=C(/N=C)N(CCOCCN1CCC(C(=O)OC)CC1)COC)/C(N)=N\COCCCC. The first-order chi connectivity index (χ1) is 16.5. The second-order valence-electron chi connectivity index (χ2n) is 7.86. The molecule has 1 rings (SSSR count). The highest BCUT2D eigenvalue weighted by atomic mass is 16.5. The van der Waals surface area contributed by atoms with Gasteiger partial charge < -0.3 is 34.5 Å². The first-order valence-electron chi connectivity index (χ1n) is 11.7. The van der Waals surface area contributed by atoms with Crippen molar-refractivity contribution in [2.24, 2.45) is 26.6 Å². The number of methoxy groups -OCH3 is 2. The van der Waals surface area contributed by atoms with E-state index in [0.29, 0.717) is 37.9 Å². The third kappa shape index (κ3) is 10.7. The molecule has 0 bridgehead atoms. The van der Waals surface area contributed by atoms with E-state index in [0.717, 1.165) is 45.3 Å². The zero-order valence-electron chi connectivity index (χ0n) is 21.0. The standard InChI is InChI=1S/C23H42N6O5/c1-6-7-14-34-17-27-21(24)20(25-2)22(26-3)29(18-31-4)13-16-33-15-12-28-10-8-19(9-11-28)23(30)32-5/h19H,2-3,6-18H2,1,4-5H3,(H2,24,27)/b22-20-. The molecule has 194 valence electrons. The molecule has 0 amide bonds. The monoisotopic (exact) mass is 482 g/mol. The second kappa shape index (κ2) is 18.0. The Hall–Kier alpha value is -2.34. The predicted octanol–water partition coefficient (Wildman–Crippen LogP) is 1.50. The molecule has 0 saturated carbocycles. The summed E-state index contributed by atoms with van der Waals surface area (Å²) < 4.78 is 21.4. The average Bonchev–Trinajstić information content (AvgIpc) is 2.86. The van der Waals surface area contributed by atoms with Crippen molar-refractivity contribution in [3.05, 3.63) is 11.5 Å². The summed E-state index contributed by atoms with van der Waals surface area (Å²) in [6, 6.07) is 0. The van der Waals surface area contributed by atoms with E-state index in [1.165, 1.54) is 7.11 Å². The van der Waals surface area contributed by atoms with Crippen molar-refractivity contribution >= 4 is 25.2 Å². The Kier molecular flexibility index (Phi) is 15.8. The molecule has 1 aliphatic heterocycles. The molecule has 1 fully saturated rings. The summed E-state index contributed by atoms with van der Waals surface area (Å²) in [5, 5.41) is 0. The molecule has 0 aromatic rings. The molecule has 0 atom stereocenters. The Labute approximate surface area is 203 Å². The van der Waals surface area contributed by atoms with Gasteiger partial charge in [0.25, 0.3) is 0 Å². The van der Waals surface area contributed by atoms with Crippen molar-refractivity contribution in [1.29, 1.82) is 0 Å². The third-order valence-corrected chi connectivity index (χ3v) is 5.49. The number of hydrogen-bond acceptors (Lipinski definition) is 10. The maximum atomic E-state index is 11.6. The summed E-state index contributed by atoms with van der Waals surface area (Å²) in [6.07, 6.45) is 3.64. The average molecular weight is 483 g/mol. The first kappa shape index (κ1) is 29.7. The first-order valence-corrected chi connectivity index (χ1v) is 11.7. The number of piperidine rings is 1. The van der Waals surface area contributed by atoms with Gasteiger partial charge in [-0.3, -0.25) is 9.79 Å². The van der Waals surface area contributed by atoms with Crippen LogP contribution in [0.25, 0.3) is 0 Å². The van der Waals surface area contributed by atoms with Gasteiger partial charge in [-0.2, -0.15) is 0 Å². The topological polar surface area (TPSA) is 124 Å². The highest BCUT2D eigenvalue weighted by Crippen LogP contribution is 2.18. The van der Waals surface area contributed by atoms with E-state index in [1.807, 2.05) is 4.90 Å². The number of nitrogens with zero attached hydrogens (tertiary/aromatic N) is 5. The van der Waals surface area contributed by atoms with Crippen molar-refractivity contribution in [1.82, 2.24) is 9.80 Å². The van der Waals surface area contributed by atoms with Crippen LogP contribution in [0.3, 0.4) is 0 Å². The van der Waals surface area contributed by atoms with E-state index in [9.17, 15) is 4.79 Å². The van der Waals surface area contributed by atoms with Gasteiger partial charge in [0.2, 0.25) is 0 Å². The molecule has 1 heterocycles. The molecule has 2 N–H and O–H groups in total. The molecule has 0 spiro atoms. The normalized spacial score (nSPS) is 16.1. The lowest BCUT2D eigenvalue weighted by molar-refractivity contribution is -0.147. The molecule has 0 aliphatic carbocycles. The highest BCUT2D eigenvalue weighted by molar-refractivity contribution is 5.97. The molecule has 11 heteroatoms. The van der Waals surface area contributed by atoms with Gasteiger partial charge in [0, 0.05) is 26.8 Å². The van der Waals surface area contributed by atoms with Gasteiger partial charge in [0.05, 0.1) is 26.2 Å². The fourth-order valence-electron chi connectivity index (χ4n) is 3.51. The lowest BCUT2D eigenvalue weighted by Gasteiger charge is -2.30. The minimum absolute atomic E-state index is 0.00734. The van der Waals surface area contributed by atoms with E-state index in [2.05, 4.69) is 40.2 Å². The minimum Gasteiger partial charge on any atom is -0.469 e. The summed E-state index contributed by atoms with van der Waals surface area (Å²) in [5.74, 6) is 0.483. The smallest absolute Gasteiger partial charge is 0.308 e. The summed E-state index contributed by atoms with van der Waals surface area (Å²) in [4.78, 5) is 28.1. The number of aliphatic imine (C=N–C) groups is 3. The molecule has 34 heavy (non-hydrogen) atoms. The van der Waals surface area contributed by atoms with Crippen molar-refractivity contribution < 1.29 is 23.7 Å². The van der Waals surface area contributed by atoms with Crippen LogP contribution in [0, 0.1) is 5.92 Å². The number of esters is 1. The van der Waals surface area contributed by atoms with Crippen LogP contribution in [0.1, 0.15) is 32.6 Å². The fraction of sp³-hybridized carbons (Fsp3) is 0.739. The van der Waals surface area contributed by atoms with Crippen molar-refractivity contribution in [2.45, 2.75) is 32.6 Å². The van der Waals surface area contributed by atoms with Crippen molar-refractivity contribution in [3.8, 4) is 0 Å². The highest BCUT2D eigenvalue weighted by Gasteiger charge is 2.25. The third-order valence-electron chi connectivity index (χ3n) is 5.49. The van der Waals surface area contributed by atoms with E-state index >= 15 is 0 Å². The molecule has 11 nitrogen and oxygen atoms in total. The Morgan fingerprint density at radius 3 is 2.44 bits per heavy atom. The van der Waals surface area contributed by atoms with Crippen LogP contribution in [-0.4, -0.2) is 109 Å². The Morgan fingerprint density at radius 2 is 1.85 bits per heavy atom. The van der Waals surface area contributed by atoms with Crippen molar-refractivity contribution in [2.75, 3.05) is 73.7 Å². The van der Waals surface area contributed by atoms with E-state index in [-0.39, 0.29) is 31.2 Å². The number of hydrogen-bond donors (Lipinski definition) is 1. The number of nitrogens with two attached hydrogens (primary N) is 1. The predicted molar refractivity (Wildman–Crippen MR) is 134 cm³/mol. The van der Waals surface area contributed by atoms with E-state index in [1.54, 1.807) is 7.11 Å². The maximum absolute atomic E-state index is 11.6. The number of carbonyl (C=O) groups excluding carboxylic acids is 1. The van der Waals surface area contributed by atoms with Crippen LogP contribution >= 0.6 is 0 Å². The molecular formula is C23H42N6O5. The van der Waals surface area contributed by atoms with Gasteiger partial charge >= 0.3 is 5.97 Å². The summed E-state index contributed by atoms with van der Waals surface area (Å²) in [6.45, 7) is 14.4. The van der Waals surface area contributed by atoms with E-state index in [4.69, 9.17) is 24.7 Å². The molecule has 1 saturated heterocycles. The van der Waals surface area contributed by atoms with Crippen LogP contribution in [0.5, 0.6) is 0 Å². The molecular weight excluding hydrogens is 440 g/mol. The van der Waals surface area contributed by atoms with E-state index < -0.39 is 0 Å². The molecule has 0 aromatic heterocycles. The van der Waals surface area contributed by atoms with Crippen LogP contribution in [0.2, 0.25) is 0 Å². The summed E-state index contributed by atoms with van der Waals surface area (Å²) in [5.41, 5.74) is 6.43. The fourth-order valence-corrected chi connectivity index (χ4v) is 3.51. The molecule has 0 unspecified atom stereocenters. The summed E-state index contributed by atoms with van der Waals surface area (Å²) >= 11 is 0. The Balaban J connectivity index is 2.56. The Morgan fingerprint density at radius 1 is 1.12 bits per heavy atom. The molecule has 1 aliphatic rings. The largest absolute Gasteiger partial charge is 0.469 e. The summed E-state index contributed by atoms with van der Waals surface area (Å²) in [7, 11) is 3.03. The lowest BCUT2D eigenvalue weighted by atomic mass is 9.97. The van der Waals surface area contributed by atoms with Gasteiger partial charge in [-0.15, -0.1) is 0 Å². The maximum Gasteiger partial charge on any atom is 0.308 e. The number of rotatable bonds is 18. The number of amidine groups is 1. The quantitative estimate of drug-likeness (QED) is 0.102. The van der Waals surface area contributed by atoms with Gasteiger partial charge in [0.15, 0.2) is 11.7 Å². The number of unbranched alkanes of at least 4 members (excludes halogenated alkanes) is 1. The van der Waals surface area contributed by atoms with Crippen LogP contribution < -0.4 is 5.73 Å². The van der Waals surface area contributed by atoms with Crippen LogP contribution in [0.4, 0.5) is 0 Å². The zero-order valence-corrected chi connectivity index (χ0v) is 21.0. The number of carbonyl (C=O) groups is 1. The second-order valence-corrected chi connectivity index (χ2v) is 7.86. The van der Waals surface area contributed by atoms with Gasteiger partial charge in [-0.05, 0) is 45.8 Å². The Bertz CT molecular complexity index is 677. The number of ether oxygens (including phenoxy) is 4. The van der Waals surface area contributed by atoms with Crippen LogP contribution in [-0.2, 0) is 23.7 Å². The minimum atomic E-state index is -0.114. The molecule has 0 aromatic carbocycles. The van der Waals surface area contributed by atoms with Crippen LogP contribution in [0.15, 0.2) is 26.5 Å². The van der Waals surface area contributed by atoms with Crippen molar-refractivity contribution in [3.63, 3.8) is 0 Å². The van der Waals surface area contributed by atoms with Gasteiger partial charge in [0.1, 0.15) is 19.2 Å². The van der Waals surface area contributed by atoms with Gasteiger partial charge in [-0.25, -0.2) is 9.98 Å².